The zero-order valence-electron chi connectivity index (χ0n) is 17.5. The van der Waals surface area contributed by atoms with Crippen molar-refractivity contribution in [3.63, 3.8) is 0 Å². The summed E-state index contributed by atoms with van der Waals surface area (Å²) in [6.45, 7) is 7.14. The maximum absolute atomic E-state index is 11.0. The lowest BCUT2D eigenvalue weighted by atomic mass is 10.1. The normalized spacial score (nSPS) is 24.2. The lowest BCUT2D eigenvalue weighted by Crippen LogP contribution is -2.65. The molecule has 1 aliphatic heterocycles. The first-order chi connectivity index (χ1) is 14.3. The minimum atomic E-state index is -0.136. The van der Waals surface area contributed by atoms with Crippen molar-refractivity contribution in [2.24, 2.45) is 0 Å². The maximum Gasteiger partial charge on any atom is 0.166 e. The van der Waals surface area contributed by atoms with E-state index in [1.165, 1.54) is 0 Å². The van der Waals surface area contributed by atoms with Gasteiger partial charge in [-0.25, -0.2) is 10.4 Å². The number of hydrogen-bond acceptors (Lipinski definition) is 3. The molecule has 0 saturated carbocycles. The number of fused-ring (bicyclic) bond motifs is 1. The molecule has 0 aliphatic carbocycles. The third-order valence-electron chi connectivity index (χ3n) is 6.32. The van der Waals surface area contributed by atoms with Crippen molar-refractivity contribution < 1.29 is 19.8 Å². The van der Waals surface area contributed by atoms with Gasteiger partial charge in [0, 0.05) is 22.9 Å². The van der Waals surface area contributed by atoms with Crippen molar-refractivity contribution >= 4 is 28.1 Å². The summed E-state index contributed by atoms with van der Waals surface area (Å²) in [6.07, 6.45) is 0. The van der Waals surface area contributed by atoms with Crippen LogP contribution in [0.25, 0.3) is 10.8 Å². The molecule has 0 unspecified atom stereocenters. The van der Waals surface area contributed by atoms with E-state index in [0.29, 0.717) is 39.3 Å². The highest BCUT2D eigenvalue weighted by Gasteiger charge is 2.42. The van der Waals surface area contributed by atoms with E-state index >= 15 is 0 Å². The quantitative estimate of drug-likeness (QED) is 0.541. The van der Waals surface area contributed by atoms with Gasteiger partial charge in [-0.1, -0.05) is 35.9 Å². The van der Waals surface area contributed by atoms with E-state index in [0.717, 1.165) is 38.4 Å². The van der Waals surface area contributed by atoms with Gasteiger partial charge in [0.25, 0.3) is 0 Å². The smallest absolute Gasteiger partial charge is 0.166 e. The first kappa shape index (κ1) is 21.1. The molecule has 0 bridgehead atoms. The number of halogens is 1. The van der Waals surface area contributed by atoms with E-state index in [4.69, 9.17) is 16.3 Å². The average Bonchev–Trinajstić information content (AvgIpc) is 2.77. The second-order valence-electron chi connectivity index (χ2n) is 8.23. The van der Waals surface area contributed by atoms with Crippen LogP contribution >= 0.6 is 11.6 Å². The summed E-state index contributed by atoms with van der Waals surface area (Å²) in [5, 5.41) is 24.1. The molecule has 1 fully saturated rings. The Kier molecular flexibility index (Phi) is 5.75. The second kappa shape index (κ2) is 8.17. The second-order valence-corrected chi connectivity index (χ2v) is 8.61. The molecule has 1 aliphatic rings. The minimum Gasteiger partial charge on any atom is -0.488 e. The molecule has 0 spiro atoms. The summed E-state index contributed by atoms with van der Waals surface area (Å²) in [5.74, 6) is 0.803. The molecule has 0 aromatic heterocycles. The summed E-state index contributed by atoms with van der Waals surface area (Å²) < 4.78 is 5.98. The number of piperazine rings is 1. The molecular weight excluding hydrogens is 400 g/mol. The molecule has 4 rings (SSSR count). The third kappa shape index (κ3) is 4.04. The fourth-order valence-corrected chi connectivity index (χ4v) is 4.29. The lowest BCUT2D eigenvalue weighted by Gasteiger charge is -2.40. The molecule has 5 nitrogen and oxygen atoms in total. The molecule has 0 amide bonds. The Bertz CT molecular complexity index is 1040. The van der Waals surface area contributed by atoms with Gasteiger partial charge in [0.1, 0.15) is 18.9 Å². The molecule has 3 aromatic carbocycles. The number of likely N-dealkylation sites (N-methyl/N-ethyl adjacent to an activating group) is 1. The Hall–Kier alpha value is -2.15. The van der Waals surface area contributed by atoms with E-state index in [1.807, 2.05) is 68.4 Å². The molecule has 30 heavy (non-hydrogen) atoms. The van der Waals surface area contributed by atoms with Gasteiger partial charge in [0.15, 0.2) is 31.9 Å². The van der Waals surface area contributed by atoms with Crippen molar-refractivity contribution in [2.45, 2.75) is 20.5 Å². The summed E-state index contributed by atoms with van der Waals surface area (Å²) in [5.41, 5.74) is 2.92. The molecule has 6 heteroatoms. The highest BCUT2D eigenvalue weighted by Crippen LogP contribution is 2.33. The monoisotopic (exact) mass is 428 g/mol. The Morgan fingerprint density at radius 3 is 2.27 bits per heavy atom. The molecule has 2 N–H and O–H groups in total. The highest BCUT2D eigenvalue weighted by atomic mass is 35.5. The number of benzene rings is 3. The topological polar surface area (TPSA) is 49.7 Å². The van der Waals surface area contributed by atoms with Crippen molar-refractivity contribution in [2.75, 3.05) is 32.7 Å². The number of nitrogens with zero attached hydrogens (tertiary/aromatic N) is 2. The van der Waals surface area contributed by atoms with Crippen LogP contribution < -0.4 is 9.38 Å². The van der Waals surface area contributed by atoms with Crippen molar-refractivity contribution in [3.05, 3.63) is 70.7 Å². The van der Waals surface area contributed by atoms with E-state index in [9.17, 15) is 10.4 Å². The van der Waals surface area contributed by atoms with Gasteiger partial charge in [0.2, 0.25) is 0 Å². The molecule has 1 saturated heterocycles. The van der Waals surface area contributed by atoms with E-state index in [1.54, 1.807) is 0 Å². The number of ether oxygens (including phenoxy) is 1. The third-order valence-corrected chi connectivity index (χ3v) is 6.82. The number of rotatable bonds is 5. The molecular formula is C24H29ClN2O3+2. The summed E-state index contributed by atoms with van der Waals surface area (Å²) in [7, 11) is 0. The van der Waals surface area contributed by atoms with Gasteiger partial charge < -0.3 is 4.74 Å². The van der Waals surface area contributed by atoms with Crippen LogP contribution in [0.4, 0.5) is 5.69 Å². The van der Waals surface area contributed by atoms with Crippen LogP contribution in [-0.4, -0.2) is 47.8 Å². The van der Waals surface area contributed by atoms with Gasteiger partial charge in [0.05, 0.1) is 5.02 Å². The van der Waals surface area contributed by atoms with Gasteiger partial charge in [-0.05, 0) is 43.2 Å². The highest BCUT2D eigenvalue weighted by molar-refractivity contribution is 6.36. The first-order valence-electron chi connectivity index (χ1n) is 10.4. The van der Waals surface area contributed by atoms with E-state index in [2.05, 4.69) is 0 Å². The summed E-state index contributed by atoms with van der Waals surface area (Å²) in [6, 6.07) is 17.8. The molecule has 1 heterocycles. The van der Waals surface area contributed by atoms with Gasteiger partial charge in [-0.15, -0.1) is 4.65 Å². The van der Waals surface area contributed by atoms with Crippen LogP contribution in [0.2, 0.25) is 5.02 Å². The van der Waals surface area contributed by atoms with E-state index < -0.39 is 0 Å². The number of aryl methyl sites for hydroxylation is 1. The van der Waals surface area contributed by atoms with Crippen LogP contribution in [0.15, 0.2) is 54.6 Å². The fourth-order valence-electron chi connectivity index (χ4n) is 4.06. The Balaban J connectivity index is 1.46. The Morgan fingerprint density at radius 1 is 0.900 bits per heavy atom. The number of quaternary nitrogens is 2. The Labute approximate surface area is 182 Å². The number of hydrogen-bond donors (Lipinski definition) is 2. The minimum absolute atomic E-state index is 0.0288. The lowest BCUT2D eigenvalue weighted by molar-refractivity contribution is -1.10. The van der Waals surface area contributed by atoms with E-state index in [-0.39, 0.29) is 9.29 Å². The van der Waals surface area contributed by atoms with Crippen LogP contribution in [0, 0.1) is 6.92 Å². The molecule has 3 aromatic rings. The Morgan fingerprint density at radius 2 is 1.60 bits per heavy atom. The molecule has 0 atom stereocenters. The molecule has 158 valence electrons. The van der Waals surface area contributed by atoms with Gasteiger partial charge in [-0.2, -0.15) is 4.65 Å². The predicted molar refractivity (Wildman–Crippen MR) is 120 cm³/mol. The standard InChI is InChI=1S/C24H29ClN2O3/c1-3-26(28)13-15-27(29,16-14-26)20-10-8-19(9-11-20)17-30-23-6-4-5-22-21(23)12-7-18(2)24(22)25/h4-12,28-29H,3,13-17H2,1-2H3/q+2. The van der Waals surface area contributed by atoms with Gasteiger partial charge >= 0.3 is 0 Å². The van der Waals surface area contributed by atoms with Crippen LogP contribution in [0.5, 0.6) is 5.75 Å². The molecule has 0 radical (unpaired) electrons. The predicted octanol–water partition coefficient (Wildman–Crippen LogP) is 5.32. The van der Waals surface area contributed by atoms with Crippen LogP contribution in [0.1, 0.15) is 18.1 Å². The maximum atomic E-state index is 11.0. The largest absolute Gasteiger partial charge is 0.488 e. The zero-order chi connectivity index (χ0) is 21.4. The summed E-state index contributed by atoms with van der Waals surface area (Å²) in [4.78, 5) is 0. The van der Waals surface area contributed by atoms with Crippen molar-refractivity contribution in [1.29, 1.82) is 0 Å². The average molecular weight is 429 g/mol. The van der Waals surface area contributed by atoms with Crippen molar-refractivity contribution in [3.8, 4) is 5.75 Å². The van der Waals surface area contributed by atoms with Crippen molar-refractivity contribution in [1.82, 2.24) is 4.65 Å². The first-order valence-corrected chi connectivity index (χ1v) is 10.8. The van der Waals surface area contributed by atoms with Gasteiger partial charge in [-0.3, -0.25) is 0 Å². The fraction of sp³-hybridized carbons (Fsp3) is 0.333. The SMILES string of the molecule is CC[N+]1(O)CC[N+](O)(c2ccc(COc3cccc4c(Cl)c(C)ccc34)cc2)CC1. The number of hydroxylamine groups is 5. The zero-order valence-corrected chi connectivity index (χ0v) is 18.3. The summed E-state index contributed by atoms with van der Waals surface area (Å²) >= 11 is 6.45. The van der Waals surface area contributed by atoms with Crippen LogP contribution in [-0.2, 0) is 6.61 Å². The van der Waals surface area contributed by atoms with Crippen LogP contribution in [0.3, 0.4) is 0 Å².